The summed E-state index contributed by atoms with van der Waals surface area (Å²) < 4.78 is 0. The van der Waals surface area contributed by atoms with Gasteiger partial charge in [-0.15, -0.1) is 0 Å². The van der Waals surface area contributed by atoms with Gasteiger partial charge in [-0.05, 0) is 37.6 Å². The summed E-state index contributed by atoms with van der Waals surface area (Å²) in [5, 5.41) is 4.10. The predicted octanol–water partition coefficient (Wildman–Crippen LogP) is 2.33. The molecule has 0 radical (unpaired) electrons. The van der Waals surface area contributed by atoms with Crippen molar-refractivity contribution in [3.63, 3.8) is 0 Å². The number of anilines is 1. The molecule has 0 aliphatic carbocycles. The van der Waals surface area contributed by atoms with Crippen LogP contribution >= 0.6 is 11.8 Å². The minimum absolute atomic E-state index is 0.496. The van der Waals surface area contributed by atoms with E-state index in [1.807, 2.05) is 30.9 Å². The Bertz CT molecular complexity index is 330. The summed E-state index contributed by atoms with van der Waals surface area (Å²) in [4.78, 5) is 4.01. The predicted molar refractivity (Wildman–Crippen MR) is 77.4 cm³/mol. The average Bonchev–Trinajstić information content (AvgIpc) is 2.34. The minimum atomic E-state index is 0.496. The van der Waals surface area contributed by atoms with E-state index in [4.69, 9.17) is 5.73 Å². The molecule has 2 unspecified atom stereocenters. The first-order chi connectivity index (χ1) is 8.15. The van der Waals surface area contributed by atoms with Crippen LogP contribution in [0.3, 0.4) is 0 Å². The van der Waals surface area contributed by atoms with Crippen molar-refractivity contribution in [2.45, 2.75) is 38.0 Å². The Labute approximate surface area is 109 Å². The summed E-state index contributed by atoms with van der Waals surface area (Å²) in [7, 11) is 2.02. The van der Waals surface area contributed by atoms with Crippen molar-refractivity contribution in [2.24, 2.45) is 0 Å². The number of aromatic nitrogens is 1. The Morgan fingerprint density at radius 2 is 2.29 bits per heavy atom. The Morgan fingerprint density at radius 1 is 1.53 bits per heavy atom. The molecule has 0 amide bonds. The van der Waals surface area contributed by atoms with Gasteiger partial charge in [-0.1, -0.05) is 13.8 Å². The third kappa shape index (κ3) is 5.41. The summed E-state index contributed by atoms with van der Waals surface area (Å²) in [6.45, 7) is 4.51. The average molecular weight is 253 g/mol. The number of pyridine rings is 1. The lowest BCUT2D eigenvalue weighted by molar-refractivity contribution is 0.615. The van der Waals surface area contributed by atoms with Crippen LogP contribution in [-0.4, -0.2) is 29.1 Å². The van der Waals surface area contributed by atoms with Crippen LogP contribution in [0.25, 0.3) is 0 Å². The molecule has 1 aromatic heterocycles. The van der Waals surface area contributed by atoms with Crippen LogP contribution in [0, 0.1) is 0 Å². The third-order valence-electron chi connectivity index (χ3n) is 2.89. The molecule has 0 spiro atoms. The lowest BCUT2D eigenvalue weighted by Crippen LogP contribution is -2.30. The molecular formula is C13H23N3S. The standard InChI is InChI=1S/C13H23N3S/c1-4-10(2)17-9-12(15-3)7-11-5-6-16-13(14)8-11/h5-6,8,10,12,15H,4,7,9H2,1-3H3,(H2,14,16). The van der Waals surface area contributed by atoms with Gasteiger partial charge in [0.25, 0.3) is 0 Å². The molecule has 0 bridgehead atoms. The van der Waals surface area contributed by atoms with E-state index in [0.717, 1.165) is 17.4 Å². The zero-order valence-electron chi connectivity index (χ0n) is 10.9. The third-order valence-corrected chi connectivity index (χ3v) is 4.39. The molecule has 1 heterocycles. The van der Waals surface area contributed by atoms with E-state index in [1.165, 1.54) is 12.0 Å². The van der Waals surface area contributed by atoms with Gasteiger partial charge in [0.1, 0.15) is 5.82 Å². The van der Waals surface area contributed by atoms with Crippen LogP contribution in [0.1, 0.15) is 25.8 Å². The van der Waals surface area contributed by atoms with Gasteiger partial charge in [0.15, 0.2) is 0 Å². The summed E-state index contributed by atoms with van der Waals surface area (Å²) in [6.07, 6.45) is 4.01. The molecule has 0 saturated carbocycles. The molecule has 3 nitrogen and oxygen atoms in total. The van der Waals surface area contributed by atoms with E-state index in [2.05, 4.69) is 24.1 Å². The topological polar surface area (TPSA) is 50.9 Å². The van der Waals surface area contributed by atoms with Crippen molar-refractivity contribution in [3.05, 3.63) is 23.9 Å². The van der Waals surface area contributed by atoms with Crippen molar-refractivity contribution >= 4 is 17.6 Å². The van der Waals surface area contributed by atoms with Crippen molar-refractivity contribution in [1.82, 2.24) is 10.3 Å². The lowest BCUT2D eigenvalue weighted by Gasteiger charge is -2.18. The zero-order valence-corrected chi connectivity index (χ0v) is 11.8. The molecule has 17 heavy (non-hydrogen) atoms. The normalized spacial score (nSPS) is 14.5. The number of nitrogens with two attached hydrogens (primary N) is 1. The van der Waals surface area contributed by atoms with Crippen molar-refractivity contribution < 1.29 is 0 Å². The molecule has 0 aromatic carbocycles. The van der Waals surface area contributed by atoms with E-state index >= 15 is 0 Å². The van der Waals surface area contributed by atoms with Crippen LogP contribution in [0.2, 0.25) is 0 Å². The van der Waals surface area contributed by atoms with Crippen LogP contribution in [-0.2, 0) is 6.42 Å². The highest BCUT2D eigenvalue weighted by atomic mass is 32.2. The van der Waals surface area contributed by atoms with Gasteiger partial charge >= 0.3 is 0 Å². The molecule has 0 aliphatic rings. The van der Waals surface area contributed by atoms with Crippen LogP contribution in [0.15, 0.2) is 18.3 Å². The van der Waals surface area contributed by atoms with Gasteiger partial charge in [-0.3, -0.25) is 0 Å². The molecule has 0 fully saturated rings. The van der Waals surface area contributed by atoms with Crippen LogP contribution in [0.5, 0.6) is 0 Å². The second-order valence-corrected chi connectivity index (χ2v) is 5.80. The fraction of sp³-hybridized carbons (Fsp3) is 0.615. The molecule has 2 atom stereocenters. The Morgan fingerprint density at radius 3 is 2.88 bits per heavy atom. The first-order valence-electron chi connectivity index (χ1n) is 6.15. The maximum Gasteiger partial charge on any atom is 0.123 e. The first kappa shape index (κ1) is 14.3. The smallest absolute Gasteiger partial charge is 0.123 e. The van der Waals surface area contributed by atoms with Crippen LogP contribution < -0.4 is 11.1 Å². The van der Waals surface area contributed by atoms with Gasteiger partial charge in [0.2, 0.25) is 0 Å². The Hall–Kier alpha value is -0.740. The highest BCUT2D eigenvalue weighted by Crippen LogP contribution is 2.16. The number of nitrogen functional groups attached to an aromatic ring is 1. The summed E-state index contributed by atoms with van der Waals surface area (Å²) in [5.74, 6) is 1.74. The minimum Gasteiger partial charge on any atom is -0.384 e. The maximum atomic E-state index is 5.68. The largest absolute Gasteiger partial charge is 0.384 e. The summed E-state index contributed by atoms with van der Waals surface area (Å²) in [6, 6.07) is 4.49. The van der Waals surface area contributed by atoms with Gasteiger partial charge in [-0.2, -0.15) is 11.8 Å². The second-order valence-electron chi connectivity index (χ2n) is 4.33. The molecule has 4 heteroatoms. The fourth-order valence-corrected chi connectivity index (χ4v) is 2.63. The fourth-order valence-electron chi connectivity index (χ4n) is 1.55. The molecular weight excluding hydrogens is 230 g/mol. The number of rotatable bonds is 7. The highest BCUT2D eigenvalue weighted by Gasteiger charge is 2.09. The Kier molecular flexibility index (Phi) is 6.37. The van der Waals surface area contributed by atoms with Crippen molar-refractivity contribution in [2.75, 3.05) is 18.5 Å². The Balaban J connectivity index is 2.46. The van der Waals surface area contributed by atoms with E-state index in [1.54, 1.807) is 6.20 Å². The van der Waals surface area contributed by atoms with Gasteiger partial charge in [-0.25, -0.2) is 4.98 Å². The summed E-state index contributed by atoms with van der Waals surface area (Å²) >= 11 is 2.02. The molecule has 0 saturated heterocycles. The molecule has 1 aromatic rings. The quantitative estimate of drug-likeness (QED) is 0.783. The molecule has 1 rings (SSSR count). The van der Waals surface area contributed by atoms with Crippen molar-refractivity contribution in [1.29, 1.82) is 0 Å². The number of nitrogens with zero attached hydrogens (tertiary/aromatic N) is 1. The molecule has 3 N–H and O–H groups in total. The number of hydrogen-bond donors (Lipinski definition) is 2. The maximum absolute atomic E-state index is 5.68. The van der Waals surface area contributed by atoms with Crippen LogP contribution in [0.4, 0.5) is 5.82 Å². The molecule has 96 valence electrons. The van der Waals surface area contributed by atoms with Gasteiger partial charge in [0.05, 0.1) is 0 Å². The summed E-state index contributed by atoms with van der Waals surface area (Å²) in [5.41, 5.74) is 6.93. The highest BCUT2D eigenvalue weighted by molar-refractivity contribution is 7.99. The first-order valence-corrected chi connectivity index (χ1v) is 7.19. The number of hydrogen-bond acceptors (Lipinski definition) is 4. The van der Waals surface area contributed by atoms with Gasteiger partial charge in [0, 0.05) is 23.2 Å². The van der Waals surface area contributed by atoms with E-state index in [9.17, 15) is 0 Å². The van der Waals surface area contributed by atoms with Crippen molar-refractivity contribution in [3.8, 4) is 0 Å². The number of thioether (sulfide) groups is 1. The van der Waals surface area contributed by atoms with E-state index < -0.39 is 0 Å². The second kappa shape index (κ2) is 7.56. The molecule has 0 aliphatic heterocycles. The monoisotopic (exact) mass is 253 g/mol. The SMILES string of the molecule is CCC(C)SCC(Cc1ccnc(N)c1)NC. The number of nitrogens with one attached hydrogen (secondary N) is 1. The van der Waals surface area contributed by atoms with Gasteiger partial charge < -0.3 is 11.1 Å². The van der Waals surface area contributed by atoms with E-state index in [-0.39, 0.29) is 0 Å². The van der Waals surface area contributed by atoms with E-state index in [0.29, 0.717) is 11.9 Å². The number of likely N-dealkylation sites (N-methyl/N-ethyl adjacent to an activating group) is 1. The zero-order chi connectivity index (χ0) is 12.7. The lowest BCUT2D eigenvalue weighted by atomic mass is 10.1.